The van der Waals surface area contributed by atoms with Crippen LogP contribution in [0.3, 0.4) is 0 Å². The number of rotatable bonds is 3. The highest BCUT2D eigenvalue weighted by Gasteiger charge is 2.02. The molecule has 1 atom stereocenters. The van der Waals surface area contributed by atoms with Crippen LogP contribution in [0.2, 0.25) is 0 Å². The Balaban J connectivity index is 0.000001000. The van der Waals surface area contributed by atoms with E-state index in [2.05, 4.69) is 11.9 Å². The maximum atomic E-state index is 5.82. The van der Waals surface area contributed by atoms with E-state index in [1.54, 1.807) is 0 Å². The first-order valence-electron chi connectivity index (χ1n) is 3.73. The summed E-state index contributed by atoms with van der Waals surface area (Å²) in [5, 5.41) is 0. The van der Waals surface area contributed by atoms with Crippen molar-refractivity contribution in [2.24, 2.45) is 5.73 Å². The van der Waals surface area contributed by atoms with Gasteiger partial charge in [-0.25, -0.2) is 0 Å². The second kappa shape index (κ2) is 5.22. The highest BCUT2D eigenvalue weighted by Crippen LogP contribution is 2.11. The van der Waals surface area contributed by atoms with Gasteiger partial charge in [-0.3, -0.25) is 0 Å². The topological polar surface area (TPSA) is 41.8 Å². The molecule has 0 amide bonds. The molecule has 1 heterocycles. The molecule has 3 heteroatoms. The van der Waals surface area contributed by atoms with Crippen molar-refractivity contribution in [1.29, 1.82) is 0 Å². The number of nitrogens with one attached hydrogen (secondary N) is 1. The smallest absolute Gasteiger partial charge is 0.0447 e. The first kappa shape index (κ1) is 10.5. The van der Waals surface area contributed by atoms with E-state index in [1.165, 1.54) is 0 Å². The van der Waals surface area contributed by atoms with Crippen LogP contribution in [0.15, 0.2) is 18.3 Å². The normalized spacial score (nSPS) is 12.2. The van der Waals surface area contributed by atoms with Crippen molar-refractivity contribution in [3.8, 4) is 0 Å². The zero-order chi connectivity index (χ0) is 7.40. The van der Waals surface area contributed by atoms with Crippen molar-refractivity contribution in [1.82, 2.24) is 4.98 Å². The number of hydrogen-bond donors (Lipinski definition) is 2. The Morgan fingerprint density at radius 2 is 2.36 bits per heavy atom. The van der Waals surface area contributed by atoms with Crippen LogP contribution in [0.25, 0.3) is 0 Å². The van der Waals surface area contributed by atoms with Gasteiger partial charge < -0.3 is 10.7 Å². The molecule has 64 valence electrons. The molecule has 0 unspecified atom stereocenters. The van der Waals surface area contributed by atoms with Gasteiger partial charge >= 0.3 is 0 Å². The summed E-state index contributed by atoms with van der Waals surface area (Å²) in [6.45, 7) is 2.14. The van der Waals surface area contributed by atoms with Crippen LogP contribution in [0.4, 0.5) is 0 Å². The van der Waals surface area contributed by atoms with E-state index in [0.29, 0.717) is 0 Å². The largest absolute Gasteiger partial charge is 0.364 e. The zero-order valence-corrected chi connectivity index (χ0v) is 7.53. The maximum absolute atomic E-state index is 5.82. The van der Waals surface area contributed by atoms with Crippen LogP contribution < -0.4 is 5.73 Å². The molecule has 11 heavy (non-hydrogen) atoms. The Labute approximate surface area is 73.6 Å². The maximum Gasteiger partial charge on any atom is 0.0447 e. The molecule has 0 aliphatic carbocycles. The van der Waals surface area contributed by atoms with Crippen LogP contribution in [-0.2, 0) is 0 Å². The lowest BCUT2D eigenvalue weighted by atomic mass is 10.1. The summed E-state index contributed by atoms with van der Waals surface area (Å²) in [5.74, 6) is 0. The fraction of sp³-hybridized carbons (Fsp3) is 0.500. The Bertz CT molecular complexity index is 172. The summed E-state index contributed by atoms with van der Waals surface area (Å²) in [5.41, 5.74) is 6.96. The second-order valence-corrected chi connectivity index (χ2v) is 2.52. The quantitative estimate of drug-likeness (QED) is 0.725. The second-order valence-electron chi connectivity index (χ2n) is 2.52. The average molecular weight is 175 g/mol. The zero-order valence-electron chi connectivity index (χ0n) is 6.71. The number of aromatic amines is 1. The van der Waals surface area contributed by atoms with Crippen LogP contribution in [0, 0.1) is 0 Å². The van der Waals surface area contributed by atoms with Crippen LogP contribution in [0.1, 0.15) is 31.5 Å². The molecule has 0 radical (unpaired) electrons. The molecule has 0 aliphatic heterocycles. The highest BCUT2D eigenvalue weighted by molar-refractivity contribution is 5.85. The Hall–Kier alpha value is -0.470. The molecule has 0 fully saturated rings. The van der Waals surface area contributed by atoms with E-state index in [0.717, 1.165) is 18.5 Å². The summed E-state index contributed by atoms with van der Waals surface area (Å²) < 4.78 is 0. The Morgan fingerprint density at radius 1 is 1.64 bits per heavy atom. The predicted molar refractivity (Wildman–Crippen MR) is 49.9 cm³/mol. The summed E-state index contributed by atoms with van der Waals surface area (Å²) in [6, 6.07) is 4.20. The van der Waals surface area contributed by atoms with Crippen LogP contribution in [0.5, 0.6) is 0 Å². The lowest BCUT2D eigenvalue weighted by Gasteiger charge is -2.06. The lowest BCUT2D eigenvalue weighted by molar-refractivity contribution is 0.625. The van der Waals surface area contributed by atoms with Crippen molar-refractivity contribution in [2.45, 2.75) is 25.8 Å². The minimum Gasteiger partial charge on any atom is -0.364 e. The van der Waals surface area contributed by atoms with E-state index in [1.807, 2.05) is 18.3 Å². The van der Waals surface area contributed by atoms with Gasteiger partial charge in [0.15, 0.2) is 0 Å². The number of aromatic nitrogens is 1. The van der Waals surface area contributed by atoms with Gasteiger partial charge in [-0.1, -0.05) is 13.3 Å². The molecule has 0 saturated carbocycles. The molecular formula is C8H15ClN2. The van der Waals surface area contributed by atoms with Gasteiger partial charge in [0.25, 0.3) is 0 Å². The number of hydrogen-bond acceptors (Lipinski definition) is 1. The van der Waals surface area contributed by atoms with Gasteiger partial charge in [-0.2, -0.15) is 0 Å². The SMILES string of the molecule is CCC[C@@H](N)c1ccc[nH]1.Cl. The van der Waals surface area contributed by atoms with Gasteiger partial charge in [0.2, 0.25) is 0 Å². The van der Waals surface area contributed by atoms with E-state index < -0.39 is 0 Å². The molecule has 1 aromatic rings. The van der Waals surface area contributed by atoms with E-state index in [-0.39, 0.29) is 18.4 Å². The van der Waals surface area contributed by atoms with Crippen molar-refractivity contribution in [3.05, 3.63) is 24.0 Å². The summed E-state index contributed by atoms with van der Waals surface area (Å²) in [4.78, 5) is 3.10. The van der Waals surface area contributed by atoms with Crippen molar-refractivity contribution in [3.63, 3.8) is 0 Å². The molecule has 1 rings (SSSR count). The van der Waals surface area contributed by atoms with Crippen molar-refractivity contribution in [2.75, 3.05) is 0 Å². The fourth-order valence-corrected chi connectivity index (χ4v) is 1.04. The average Bonchev–Trinajstić information content (AvgIpc) is 2.38. The lowest BCUT2D eigenvalue weighted by Crippen LogP contribution is -2.09. The molecule has 0 saturated heterocycles. The van der Waals surface area contributed by atoms with E-state index >= 15 is 0 Å². The first-order chi connectivity index (χ1) is 4.84. The van der Waals surface area contributed by atoms with Gasteiger partial charge in [0.05, 0.1) is 0 Å². The molecular weight excluding hydrogens is 160 g/mol. The fourth-order valence-electron chi connectivity index (χ4n) is 1.04. The Morgan fingerprint density at radius 3 is 2.82 bits per heavy atom. The summed E-state index contributed by atoms with van der Waals surface area (Å²) >= 11 is 0. The van der Waals surface area contributed by atoms with Gasteiger partial charge in [0, 0.05) is 17.9 Å². The predicted octanol–water partition coefficient (Wildman–Crippen LogP) is 2.24. The number of H-pyrrole nitrogens is 1. The van der Waals surface area contributed by atoms with E-state index in [4.69, 9.17) is 5.73 Å². The van der Waals surface area contributed by atoms with Gasteiger partial charge in [-0.15, -0.1) is 12.4 Å². The van der Waals surface area contributed by atoms with Gasteiger partial charge in [-0.05, 0) is 18.6 Å². The monoisotopic (exact) mass is 174 g/mol. The van der Waals surface area contributed by atoms with Crippen LogP contribution >= 0.6 is 12.4 Å². The van der Waals surface area contributed by atoms with Crippen molar-refractivity contribution >= 4 is 12.4 Å². The number of halogens is 1. The Kier molecular flexibility index (Phi) is 4.99. The minimum atomic E-state index is 0. The summed E-state index contributed by atoms with van der Waals surface area (Å²) in [7, 11) is 0. The van der Waals surface area contributed by atoms with Crippen molar-refractivity contribution < 1.29 is 0 Å². The third-order valence-electron chi connectivity index (χ3n) is 1.62. The highest BCUT2D eigenvalue weighted by atomic mass is 35.5. The number of nitrogens with two attached hydrogens (primary N) is 1. The molecule has 3 N–H and O–H groups in total. The van der Waals surface area contributed by atoms with Crippen LogP contribution in [-0.4, -0.2) is 4.98 Å². The molecule has 2 nitrogen and oxygen atoms in total. The molecule has 1 aromatic heterocycles. The standard InChI is InChI=1S/C8H14N2.ClH/c1-2-4-7(9)8-5-3-6-10-8;/h3,5-7,10H,2,4,9H2,1H3;1H/t7-;/m1./s1. The minimum absolute atomic E-state index is 0. The molecule has 0 spiro atoms. The molecule has 0 aromatic carbocycles. The molecule has 0 bridgehead atoms. The van der Waals surface area contributed by atoms with E-state index in [9.17, 15) is 0 Å². The summed E-state index contributed by atoms with van der Waals surface area (Å²) in [6.07, 6.45) is 4.10. The third-order valence-corrected chi connectivity index (χ3v) is 1.62. The third kappa shape index (κ3) is 2.95. The molecule has 0 aliphatic rings. The van der Waals surface area contributed by atoms with Gasteiger partial charge in [0.1, 0.15) is 0 Å². The first-order valence-corrected chi connectivity index (χ1v) is 3.73.